The van der Waals surface area contributed by atoms with Crippen LogP contribution < -0.4 is 0 Å². The number of ether oxygens (including phenoxy) is 1. The first-order chi connectivity index (χ1) is 7.99. The maximum Gasteiger partial charge on any atom is 0.152 e. The maximum absolute atomic E-state index is 12.1. The van der Waals surface area contributed by atoms with Crippen molar-refractivity contribution in [3.63, 3.8) is 0 Å². The number of piperazine rings is 1. The Bertz CT molecular complexity index is 285. The fraction of sp³-hybridized carbons (Fsp3) is 0.923. The molecule has 0 bridgehead atoms. The predicted molar refractivity (Wildman–Crippen MR) is 67.1 cm³/mol. The van der Waals surface area contributed by atoms with Gasteiger partial charge in [-0.25, -0.2) is 0 Å². The van der Waals surface area contributed by atoms with Gasteiger partial charge < -0.3 is 4.74 Å². The molecule has 1 unspecified atom stereocenters. The smallest absolute Gasteiger partial charge is 0.152 e. The van der Waals surface area contributed by atoms with E-state index in [1.807, 2.05) is 0 Å². The van der Waals surface area contributed by atoms with E-state index in [1.54, 1.807) is 0 Å². The first kappa shape index (κ1) is 13.0. The number of likely N-dealkylation sites (N-methyl/N-ethyl adjacent to an activating group) is 1. The molecule has 1 atom stereocenters. The van der Waals surface area contributed by atoms with Gasteiger partial charge in [-0.2, -0.15) is 0 Å². The van der Waals surface area contributed by atoms with Crippen LogP contribution in [0.1, 0.15) is 20.3 Å². The second-order valence-electron chi connectivity index (χ2n) is 5.97. The number of carbonyl (C=O) groups excluding carboxylic acids is 1. The van der Waals surface area contributed by atoms with Gasteiger partial charge in [-0.05, 0) is 27.3 Å². The third kappa shape index (κ3) is 3.06. The number of Topliss-reactive ketones (excluding diaryl/α,β-unsaturated/α-hetero) is 1. The van der Waals surface area contributed by atoms with Gasteiger partial charge in [0.25, 0.3) is 0 Å². The van der Waals surface area contributed by atoms with Gasteiger partial charge >= 0.3 is 0 Å². The highest BCUT2D eigenvalue weighted by Gasteiger charge is 2.33. The van der Waals surface area contributed by atoms with Crippen LogP contribution in [0.15, 0.2) is 0 Å². The van der Waals surface area contributed by atoms with Crippen LogP contribution in [0.3, 0.4) is 0 Å². The first-order valence-electron chi connectivity index (χ1n) is 6.53. The molecule has 2 aliphatic heterocycles. The molecule has 17 heavy (non-hydrogen) atoms. The van der Waals surface area contributed by atoms with E-state index in [0.717, 1.165) is 32.7 Å². The van der Waals surface area contributed by atoms with Crippen LogP contribution in [-0.2, 0) is 9.53 Å². The van der Waals surface area contributed by atoms with Crippen LogP contribution in [0.25, 0.3) is 0 Å². The summed E-state index contributed by atoms with van der Waals surface area (Å²) < 4.78 is 5.28. The van der Waals surface area contributed by atoms with E-state index in [1.165, 1.54) is 0 Å². The number of nitrogens with zero attached hydrogens (tertiary/aromatic N) is 2. The topological polar surface area (TPSA) is 32.8 Å². The third-order valence-corrected chi connectivity index (χ3v) is 4.16. The largest absolute Gasteiger partial charge is 0.381 e. The Balaban J connectivity index is 1.85. The lowest BCUT2D eigenvalue weighted by Gasteiger charge is -2.45. The predicted octanol–water partition coefficient (Wildman–Crippen LogP) is 0.618. The number of carbonyl (C=O) groups is 1. The van der Waals surface area contributed by atoms with Gasteiger partial charge in [0, 0.05) is 37.7 Å². The number of hydrogen-bond acceptors (Lipinski definition) is 4. The van der Waals surface area contributed by atoms with E-state index >= 15 is 0 Å². The summed E-state index contributed by atoms with van der Waals surface area (Å²) in [6.07, 6.45) is 0.913. The van der Waals surface area contributed by atoms with Crippen LogP contribution >= 0.6 is 0 Å². The fourth-order valence-electron chi connectivity index (χ4n) is 2.61. The van der Waals surface area contributed by atoms with Crippen LogP contribution in [-0.4, -0.2) is 67.6 Å². The molecule has 0 aromatic carbocycles. The van der Waals surface area contributed by atoms with Gasteiger partial charge in [-0.3, -0.25) is 14.6 Å². The molecule has 0 N–H and O–H groups in total. The van der Waals surface area contributed by atoms with Gasteiger partial charge in [0.1, 0.15) is 0 Å². The Morgan fingerprint density at radius 3 is 2.76 bits per heavy atom. The lowest BCUT2D eigenvalue weighted by molar-refractivity contribution is -0.125. The average Bonchev–Trinajstić information content (AvgIpc) is 2.76. The highest BCUT2D eigenvalue weighted by Crippen LogP contribution is 2.20. The van der Waals surface area contributed by atoms with E-state index in [0.29, 0.717) is 18.9 Å². The van der Waals surface area contributed by atoms with Gasteiger partial charge in [0.15, 0.2) is 5.78 Å². The molecule has 0 aliphatic carbocycles. The Morgan fingerprint density at radius 1 is 1.41 bits per heavy atom. The van der Waals surface area contributed by atoms with Gasteiger partial charge in [-0.15, -0.1) is 0 Å². The molecular formula is C13H24N2O2. The normalized spacial score (nSPS) is 30.6. The van der Waals surface area contributed by atoms with Crippen LogP contribution in [0.2, 0.25) is 0 Å². The minimum atomic E-state index is 0.151. The van der Waals surface area contributed by atoms with Crippen molar-refractivity contribution in [2.75, 3.05) is 46.4 Å². The highest BCUT2D eigenvalue weighted by atomic mass is 16.5. The molecule has 2 fully saturated rings. The fourth-order valence-corrected chi connectivity index (χ4v) is 2.61. The molecule has 4 nitrogen and oxygen atoms in total. The molecule has 2 saturated heterocycles. The summed E-state index contributed by atoms with van der Waals surface area (Å²) in [4.78, 5) is 16.7. The maximum atomic E-state index is 12.1. The highest BCUT2D eigenvalue weighted by molar-refractivity contribution is 5.83. The monoisotopic (exact) mass is 240 g/mol. The molecule has 0 radical (unpaired) electrons. The molecule has 0 saturated carbocycles. The minimum Gasteiger partial charge on any atom is -0.381 e. The van der Waals surface area contributed by atoms with Crippen LogP contribution in [0.4, 0.5) is 0 Å². The molecule has 2 rings (SSSR count). The van der Waals surface area contributed by atoms with Crippen molar-refractivity contribution in [1.29, 1.82) is 0 Å². The SMILES string of the molecule is CN1CCN(CC(=O)C2CCOC2)CC1(C)C. The van der Waals surface area contributed by atoms with E-state index in [9.17, 15) is 4.79 Å². The summed E-state index contributed by atoms with van der Waals surface area (Å²) in [5, 5.41) is 0. The van der Waals surface area contributed by atoms with Crippen molar-refractivity contribution < 1.29 is 9.53 Å². The van der Waals surface area contributed by atoms with Crippen LogP contribution in [0, 0.1) is 5.92 Å². The van der Waals surface area contributed by atoms with Crippen molar-refractivity contribution in [1.82, 2.24) is 9.80 Å². The molecule has 0 aromatic heterocycles. The summed E-state index contributed by atoms with van der Waals surface area (Å²) in [7, 11) is 2.16. The molecular weight excluding hydrogens is 216 g/mol. The number of hydrogen-bond donors (Lipinski definition) is 0. The lowest BCUT2D eigenvalue weighted by atomic mass is 9.98. The van der Waals surface area contributed by atoms with E-state index in [2.05, 4.69) is 30.7 Å². The zero-order valence-corrected chi connectivity index (χ0v) is 11.2. The molecule has 4 heteroatoms. The van der Waals surface area contributed by atoms with E-state index in [-0.39, 0.29) is 11.5 Å². The molecule has 2 heterocycles. The number of rotatable bonds is 3. The number of ketones is 1. The molecule has 98 valence electrons. The zero-order chi connectivity index (χ0) is 12.5. The minimum absolute atomic E-state index is 0.151. The van der Waals surface area contributed by atoms with Crippen molar-refractivity contribution in [3.8, 4) is 0 Å². The molecule has 0 aromatic rings. The summed E-state index contributed by atoms with van der Waals surface area (Å²) in [5.74, 6) is 0.514. The molecule has 2 aliphatic rings. The van der Waals surface area contributed by atoms with Crippen molar-refractivity contribution in [3.05, 3.63) is 0 Å². The van der Waals surface area contributed by atoms with Crippen molar-refractivity contribution in [2.24, 2.45) is 5.92 Å². The van der Waals surface area contributed by atoms with E-state index in [4.69, 9.17) is 4.74 Å². The van der Waals surface area contributed by atoms with Crippen molar-refractivity contribution in [2.45, 2.75) is 25.8 Å². The standard InChI is InChI=1S/C13H24N2O2/c1-13(2)10-15(6-5-14(13)3)8-12(16)11-4-7-17-9-11/h11H,4-10H2,1-3H3. The summed E-state index contributed by atoms with van der Waals surface area (Å²) >= 11 is 0. The Hall–Kier alpha value is -0.450. The van der Waals surface area contributed by atoms with Gasteiger partial charge in [0.05, 0.1) is 13.2 Å². The second kappa shape index (κ2) is 5.04. The summed E-state index contributed by atoms with van der Waals surface area (Å²) in [5.41, 5.74) is 0.171. The molecule has 0 spiro atoms. The Morgan fingerprint density at radius 2 is 2.18 bits per heavy atom. The summed E-state index contributed by atoms with van der Waals surface area (Å²) in [6, 6.07) is 0. The lowest BCUT2D eigenvalue weighted by Crippen LogP contribution is -2.58. The Kier molecular flexibility index (Phi) is 3.85. The molecule has 0 amide bonds. The quantitative estimate of drug-likeness (QED) is 0.724. The average molecular weight is 240 g/mol. The van der Waals surface area contributed by atoms with E-state index < -0.39 is 0 Å². The second-order valence-corrected chi connectivity index (χ2v) is 5.97. The summed E-state index contributed by atoms with van der Waals surface area (Å²) in [6.45, 7) is 9.49. The van der Waals surface area contributed by atoms with Crippen molar-refractivity contribution >= 4 is 5.78 Å². The Labute approximate surface area is 104 Å². The van der Waals surface area contributed by atoms with Crippen LogP contribution in [0.5, 0.6) is 0 Å². The van der Waals surface area contributed by atoms with Gasteiger partial charge in [-0.1, -0.05) is 0 Å². The third-order valence-electron chi connectivity index (χ3n) is 4.16. The zero-order valence-electron chi connectivity index (χ0n) is 11.2. The first-order valence-corrected chi connectivity index (χ1v) is 6.53. The van der Waals surface area contributed by atoms with Gasteiger partial charge in [0.2, 0.25) is 0 Å².